The van der Waals surface area contributed by atoms with Crippen molar-refractivity contribution in [2.45, 2.75) is 13.2 Å². The number of rotatable bonds is 3. The molecule has 1 aliphatic rings. The Morgan fingerprint density at radius 1 is 1.00 bits per heavy atom. The summed E-state index contributed by atoms with van der Waals surface area (Å²) in [5.41, 5.74) is 3.34. The van der Waals surface area contributed by atoms with Crippen molar-refractivity contribution in [1.82, 2.24) is 4.90 Å². The molecule has 1 aliphatic heterocycles. The van der Waals surface area contributed by atoms with Crippen molar-refractivity contribution < 1.29 is 14.5 Å². The number of carbonyl (C=O) groups excluding carboxylic acids is 1. The van der Waals surface area contributed by atoms with Crippen LogP contribution in [0.15, 0.2) is 72.8 Å². The summed E-state index contributed by atoms with van der Waals surface area (Å²) in [6, 6.07) is 21.4. The number of para-hydroxylation sites is 2. The molecule has 4 rings (SSSR count). The molecule has 30 heavy (non-hydrogen) atoms. The van der Waals surface area contributed by atoms with Crippen LogP contribution in [-0.2, 0) is 13.2 Å². The van der Waals surface area contributed by atoms with Crippen molar-refractivity contribution in [3.8, 4) is 5.75 Å². The highest BCUT2D eigenvalue weighted by Crippen LogP contribution is 2.25. The molecule has 0 atom stereocenters. The minimum Gasteiger partial charge on any atom is -0.488 e. The molecule has 0 aromatic heterocycles. The van der Waals surface area contributed by atoms with E-state index in [9.17, 15) is 14.9 Å². The standard InChI is InChI=1S/C23H21N3O4/c27-23-20-6-2-4-8-22(20)30-16-18-5-1-3-7-21(18)24-13-14-25(23)15-17-9-11-19(12-10-17)26(28)29/h1-12,24H,13-16H2. The van der Waals surface area contributed by atoms with Crippen molar-refractivity contribution >= 4 is 17.3 Å². The molecule has 0 saturated heterocycles. The number of nitrogens with one attached hydrogen (secondary N) is 1. The topological polar surface area (TPSA) is 84.7 Å². The molecule has 3 aromatic rings. The van der Waals surface area contributed by atoms with Crippen LogP contribution in [-0.4, -0.2) is 28.8 Å². The van der Waals surface area contributed by atoms with Crippen LogP contribution in [0.2, 0.25) is 0 Å². The summed E-state index contributed by atoms with van der Waals surface area (Å²) in [7, 11) is 0. The maximum Gasteiger partial charge on any atom is 0.269 e. The van der Waals surface area contributed by atoms with Crippen molar-refractivity contribution in [2.75, 3.05) is 18.4 Å². The monoisotopic (exact) mass is 403 g/mol. The van der Waals surface area contributed by atoms with Gasteiger partial charge in [0.1, 0.15) is 12.4 Å². The zero-order valence-electron chi connectivity index (χ0n) is 16.3. The number of nitro benzene ring substituents is 1. The van der Waals surface area contributed by atoms with Crippen LogP contribution in [0.3, 0.4) is 0 Å². The lowest BCUT2D eigenvalue weighted by Gasteiger charge is -2.24. The number of benzene rings is 3. The Kier molecular flexibility index (Phi) is 5.61. The van der Waals surface area contributed by atoms with Crippen LogP contribution in [0.5, 0.6) is 5.75 Å². The summed E-state index contributed by atoms with van der Waals surface area (Å²) < 4.78 is 5.99. The Hall–Kier alpha value is -3.87. The Labute approximate surface area is 174 Å². The average Bonchev–Trinajstić information content (AvgIpc) is 2.79. The van der Waals surface area contributed by atoms with E-state index in [1.165, 1.54) is 12.1 Å². The first-order valence-electron chi connectivity index (χ1n) is 9.68. The highest BCUT2D eigenvalue weighted by atomic mass is 16.6. The fourth-order valence-electron chi connectivity index (χ4n) is 3.44. The Morgan fingerprint density at radius 2 is 1.73 bits per heavy atom. The van der Waals surface area contributed by atoms with E-state index in [4.69, 9.17) is 4.74 Å². The van der Waals surface area contributed by atoms with Crippen LogP contribution >= 0.6 is 0 Å². The van der Waals surface area contributed by atoms with Gasteiger partial charge in [0.2, 0.25) is 0 Å². The van der Waals surface area contributed by atoms with Gasteiger partial charge in [-0.15, -0.1) is 0 Å². The number of ether oxygens (including phenoxy) is 1. The highest BCUT2D eigenvalue weighted by molar-refractivity contribution is 5.97. The SMILES string of the molecule is O=C1c2ccccc2OCc2ccccc2NCCN1Cc1ccc([N+](=O)[O-])cc1. The van der Waals surface area contributed by atoms with Gasteiger partial charge in [-0.1, -0.05) is 42.5 Å². The number of carbonyl (C=O) groups is 1. The number of anilines is 1. The van der Waals surface area contributed by atoms with Gasteiger partial charge >= 0.3 is 0 Å². The summed E-state index contributed by atoms with van der Waals surface area (Å²) in [6.45, 7) is 1.74. The molecule has 0 bridgehead atoms. The van der Waals surface area contributed by atoms with Gasteiger partial charge in [-0.25, -0.2) is 0 Å². The van der Waals surface area contributed by atoms with Crippen LogP contribution in [0.1, 0.15) is 21.5 Å². The third-order valence-corrected chi connectivity index (χ3v) is 5.02. The molecule has 3 aromatic carbocycles. The van der Waals surface area contributed by atoms with E-state index in [-0.39, 0.29) is 11.6 Å². The summed E-state index contributed by atoms with van der Waals surface area (Å²) in [6.07, 6.45) is 0. The van der Waals surface area contributed by atoms with E-state index in [2.05, 4.69) is 5.32 Å². The van der Waals surface area contributed by atoms with E-state index in [1.54, 1.807) is 29.2 Å². The van der Waals surface area contributed by atoms with E-state index in [1.807, 2.05) is 36.4 Å². The zero-order valence-corrected chi connectivity index (χ0v) is 16.3. The molecule has 0 unspecified atom stereocenters. The third-order valence-electron chi connectivity index (χ3n) is 5.02. The summed E-state index contributed by atoms with van der Waals surface area (Å²) in [4.78, 5) is 25.5. The molecule has 0 fully saturated rings. The van der Waals surface area contributed by atoms with Crippen molar-refractivity contribution in [1.29, 1.82) is 0 Å². The Bertz CT molecular complexity index is 1070. The maximum atomic E-state index is 13.3. The van der Waals surface area contributed by atoms with Gasteiger partial charge in [0.05, 0.1) is 10.5 Å². The van der Waals surface area contributed by atoms with Gasteiger partial charge in [0, 0.05) is 43.0 Å². The second-order valence-corrected chi connectivity index (χ2v) is 7.02. The number of fused-ring (bicyclic) bond motifs is 2. The lowest BCUT2D eigenvalue weighted by molar-refractivity contribution is -0.384. The molecular weight excluding hydrogens is 382 g/mol. The van der Waals surface area contributed by atoms with Crippen LogP contribution in [0, 0.1) is 10.1 Å². The number of nitrogens with zero attached hydrogens (tertiary/aromatic N) is 2. The fourth-order valence-corrected chi connectivity index (χ4v) is 3.44. The molecule has 1 heterocycles. The molecule has 0 spiro atoms. The molecule has 1 N–H and O–H groups in total. The molecule has 1 amide bonds. The van der Waals surface area contributed by atoms with Crippen molar-refractivity contribution in [3.63, 3.8) is 0 Å². The molecular formula is C23H21N3O4. The first-order valence-corrected chi connectivity index (χ1v) is 9.68. The molecule has 0 aliphatic carbocycles. The molecule has 152 valence electrons. The van der Waals surface area contributed by atoms with Gasteiger partial charge < -0.3 is 15.0 Å². The van der Waals surface area contributed by atoms with Crippen LogP contribution < -0.4 is 10.1 Å². The number of non-ortho nitro benzene ring substituents is 1. The predicted octanol–water partition coefficient (Wildman–Crippen LogP) is 4.24. The fraction of sp³-hybridized carbons (Fsp3) is 0.174. The minimum absolute atomic E-state index is 0.0273. The smallest absolute Gasteiger partial charge is 0.269 e. The summed E-state index contributed by atoms with van der Waals surface area (Å²) in [5, 5.41) is 14.3. The first kappa shape index (κ1) is 19.4. The lowest BCUT2D eigenvalue weighted by Crippen LogP contribution is -2.34. The maximum absolute atomic E-state index is 13.3. The van der Waals surface area contributed by atoms with Gasteiger partial charge in [0.15, 0.2) is 0 Å². The number of hydrogen-bond donors (Lipinski definition) is 1. The molecule has 0 radical (unpaired) electrons. The second-order valence-electron chi connectivity index (χ2n) is 7.02. The van der Waals surface area contributed by atoms with E-state index in [0.29, 0.717) is 37.6 Å². The largest absolute Gasteiger partial charge is 0.488 e. The van der Waals surface area contributed by atoms with E-state index >= 15 is 0 Å². The van der Waals surface area contributed by atoms with Gasteiger partial charge in [-0.3, -0.25) is 14.9 Å². The highest BCUT2D eigenvalue weighted by Gasteiger charge is 2.21. The van der Waals surface area contributed by atoms with Gasteiger partial charge in [-0.05, 0) is 23.8 Å². The summed E-state index contributed by atoms with van der Waals surface area (Å²) >= 11 is 0. The zero-order chi connectivity index (χ0) is 20.9. The van der Waals surface area contributed by atoms with Gasteiger partial charge in [0.25, 0.3) is 11.6 Å². The Balaban J connectivity index is 1.64. The lowest BCUT2D eigenvalue weighted by atomic mass is 10.1. The van der Waals surface area contributed by atoms with Crippen LogP contribution in [0.25, 0.3) is 0 Å². The molecule has 0 saturated carbocycles. The molecule has 7 nitrogen and oxygen atoms in total. The second kappa shape index (κ2) is 8.65. The quantitative estimate of drug-likeness (QED) is 0.522. The number of nitro groups is 1. The third kappa shape index (κ3) is 4.25. The van der Waals surface area contributed by atoms with E-state index < -0.39 is 4.92 Å². The molecule has 7 heteroatoms. The first-order chi connectivity index (χ1) is 14.6. The number of hydrogen-bond acceptors (Lipinski definition) is 5. The van der Waals surface area contributed by atoms with Crippen LogP contribution in [0.4, 0.5) is 11.4 Å². The van der Waals surface area contributed by atoms with Crippen molar-refractivity contribution in [2.24, 2.45) is 0 Å². The van der Waals surface area contributed by atoms with Gasteiger partial charge in [-0.2, -0.15) is 0 Å². The van der Waals surface area contributed by atoms with Crippen molar-refractivity contribution in [3.05, 3.63) is 99.6 Å². The predicted molar refractivity (Wildman–Crippen MR) is 114 cm³/mol. The average molecular weight is 403 g/mol. The Morgan fingerprint density at radius 3 is 2.53 bits per heavy atom. The summed E-state index contributed by atoms with van der Waals surface area (Å²) in [5.74, 6) is 0.393. The van der Waals surface area contributed by atoms with E-state index in [0.717, 1.165) is 16.8 Å². The number of amides is 1. The normalized spacial score (nSPS) is 13.9. The minimum atomic E-state index is -0.433.